The van der Waals surface area contributed by atoms with Crippen LogP contribution in [0.15, 0.2) is 46.9 Å². The standard InChI is InChI=1S/C15H8Cl2O3/c16-9-4-5-10(15(18)19)11(7-9)13-6-8-2-1-3-12(17)14(8)20-13/h1-7H,(H,18,19). The third kappa shape index (κ3) is 2.15. The number of aromatic carboxylic acids is 1. The first kappa shape index (κ1) is 13.0. The van der Waals surface area contributed by atoms with Gasteiger partial charge in [-0.25, -0.2) is 4.79 Å². The third-order valence-corrected chi connectivity index (χ3v) is 3.51. The number of carboxylic acid groups (broad SMARTS) is 1. The fraction of sp³-hybridized carbons (Fsp3) is 0. The van der Waals surface area contributed by atoms with Gasteiger partial charge in [0.25, 0.3) is 0 Å². The second kappa shape index (κ2) is 4.85. The van der Waals surface area contributed by atoms with E-state index >= 15 is 0 Å². The molecule has 0 aliphatic heterocycles. The smallest absolute Gasteiger partial charge is 0.336 e. The molecule has 0 atom stereocenters. The highest BCUT2D eigenvalue weighted by atomic mass is 35.5. The molecule has 0 radical (unpaired) electrons. The number of fused-ring (bicyclic) bond motifs is 1. The topological polar surface area (TPSA) is 50.4 Å². The summed E-state index contributed by atoms with van der Waals surface area (Å²) in [6.07, 6.45) is 0. The first-order chi connectivity index (χ1) is 9.56. The zero-order chi connectivity index (χ0) is 14.3. The van der Waals surface area contributed by atoms with E-state index in [1.54, 1.807) is 24.3 Å². The first-order valence-electron chi connectivity index (χ1n) is 5.77. The van der Waals surface area contributed by atoms with Crippen LogP contribution in [0.2, 0.25) is 10.0 Å². The molecule has 0 saturated heterocycles. The van der Waals surface area contributed by atoms with E-state index in [4.69, 9.17) is 27.6 Å². The van der Waals surface area contributed by atoms with Gasteiger partial charge >= 0.3 is 5.97 Å². The summed E-state index contributed by atoms with van der Waals surface area (Å²) < 4.78 is 5.68. The fourth-order valence-electron chi connectivity index (χ4n) is 2.07. The van der Waals surface area contributed by atoms with Crippen LogP contribution in [-0.2, 0) is 0 Å². The van der Waals surface area contributed by atoms with Crippen LogP contribution in [0.5, 0.6) is 0 Å². The monoisotopic (exact) mass is 306 g/mol. The van der Waals surface area contributed by atoms with Crippen molar-refractivity contribution in [3.63, 3.8) is 0 Å². The molecule has 5 heteroatoms. The molecule has 2 aromatic carbocycles. The van der Waals surface area contributed by atoms with E-state index in [0.717, 1.165) is 5.39 Å². The summed E-state index contributed by atoms with van der Waals surface area (Å²) in [6, 6.07) is 11.7. The molecule has 1 aromatic heterocycles. The van der Waals surface area contributed by atoms with Gasteiger partial charge in [0.2, 0.25) is 0 Å². The maximum Gasteiger partial charge on any atom is 0.336 e. The summed E-state index contributed by atoms with van der Waals surface area (Å²) in [5, 5.41) is 11.0. The average Bonchev–Trinajstić information content (AvgIpc) is 2.83. The van der Waals surface area contributed by atoms with Crippen molar-refractivity contribution in [2.75, 3.05) is 0 Å². The van der Waals surface area contributed by atoms with Crippen LogP contribution in [0.4, 0.5) is 0 Å². The molecule has 0 fully saturated rings. The quantitative estimate of drug-likeness (QED) is 0.716. The zero-order valence-electron chi connectivity index (χ0n) is 10.1. The highest BCUT2D eigenvalue weighted by molar-refractivity contribution is 6.35. The highest BCUT2D eigenvalue weighted by Crippen LogP contribution is 2.34. The van der Waals surface area contributed by atoms with E-state index in [1.807, 2.05) is 6.07 Å². The Bertz CT molecular complexity index is 821. The molecular weight excluding hydrogens is 299 g/mol. The fourth-order valence-corrected chi connectivity index (χ4v) is 2.46. The minimum Gasteiger partial charge on any atom is -0.478 e. The molecule has 3 rings (SSSR count). The molecule has 1 N–H and O–H groups in total. The average molecular weight is 307 g/mol. The SMILES string of the molecule is O=C(O)c1ccc(Cl)cc1-c1cc2cccc(Cl)c2o1. The Morgan fingerprint density at radius 2 is 1.90 bits per heavy atom. The van der Waals surface area contributed by atoms with Crippen LogP contribution in [-0.4, -0.2) is 11.1 Å². The lowest BCUT2D eigenvalue weighted by atomic mass is 10.1. The van der Waals surface area contributed by atoms with E-state index in [1.165, 1.54) is 12.1 Å². The number of carboxylic acids is 1. The van der Waals surface area contributed by atoms with Gasteiger partial charge in [-0.1, -0.05) is 35.3 Å². The van der Waals surface area contributed by atoms with Gasteiger partial charge in [0, 0.05) is 16.0 Å². The van der Waals surface area contributed by atoms with Crippen LogP contribution in [0, 0.1) is 0 Å². The number of hydrogen-bond donors (Lipinski definition) is 1. The van der Waals surface area contributed by atoms with Crippen molar-refractivity contribution >= 4 is 40.1 Å². The van der Waals surface area contributed by atoms with Gasteiger partial charge in [-0.05, 0) is 30.3 Å². The van der Waals surface area contributed by atoms with Crippen molar-refractivity contribution in [3.8, 4) is 11.3 Å². The van der Waals surface area contributed by atoms with Gasteiger partial charge in [-0.2, -0.15) is 0 Å². The Labute approximate surface area is 124 Å². The maximum absolute atomic E-state index is 11.3. The Hall–Kier alpha value is -1.97. The molecule has 20 heavy (non-hydrogen) atoms. The van der Waals surface area contributed by atoms with Gasteiger partial charge in [-0.15, -0.1) is 0 Å². The summed E-state index contributed by atoms with van der Waals surface area (Å²) in [4.78, 5) is 11.3. The predicted octanol–water partition coefficient (Wildman–Crippen LogP) is 5.10. The molecule has 1 heterocycles. The summed E-state index contributed by atoms with van der Waals surface area (Å²) in [6.45, 7) is 0. The first-order valence-corrected chi connectivity index (χ1v) is 6.53. The number of hydrogen-bond acceptors (Lipinski definition) is 2. The van der Waals surface area contributed by atoms with Gasteiger partial charge in [0.1, 0.15) is 5.76 Å². The van der Waals surface area contributed by atoms with Crippen molar-refractivity contribution in [2.24, 2.45) is 0 Å². The summed E-state index contributed by atoms with van der Waals surface area (Å²) in [5.41, 5.74) is 1.09. The Morgan fingerprint density at radius 1 is 1.10 bits per heavy atom. The number of benzene rings is 2. The van der Waals surface area contributed by atoms with Crippen LogP contribution in [0.3, 0.4) is 0 Å². The number of para-hydroxylation sites is 1. The van der Waals surface area contributed by atoms with Gasteiger partial charge in [0.15, 0.2) is 5.58 Å². The van der Waals surface area contributed by atoms with Crippen molar-refractivity contribution in [3.05, 3.63) is 58.1 Å². The van der Waals surface area contributed by atoms with Crippen LogP contribution < -0.4 is 0 Å². The third-order valence-electron chi connectivity index (χ3n) is 2.97. The van der Waals surface area contributed by atoms with Crippen LogP contribution in [0.25, 0.3) is 22.3 Å². The molecule has 0 bridgehead atoms. The number of halogens is 2. The van der Waals surface area contributed by atoms with E-state index in [9.17, 15) is 9.90 Å². The van der Waals surface area contributed by atoms with Gasteiger partial charge in [0.05, 0.1) is 10.6 Å². The van der Waals surface area contributed by atoms with Crippen molar-refractivity contribution < 1.29 is 14.3 Å². The second-order valence-electron chi connectivity index (χ2n) is 4.26. The molecule has 3 nitrogen and oxygen atoms in total. The van der Waals surface area contributed by atoms with Crippen molar-refractivity contribution in [1.82, 2.24) is 0 Å². The van der Waals surface area contributed by atoms with Crippen LogP contribution >= 0.6 is 23.2 Å². The molecule has 0 saturated carbocycles. The number of rotatable bonds is 2. The lowest BCUT2D eigenvalue weighted by molar-refractivity contribution is 0.0697. The Morgan fingerprint density at radius 3 is 2.60 bits per heavy atom. The molecule has 0 spiro atoms. The van der Waals surface area contributed by atoms with E-state index < -0.39 is 5.97 Å². The number of carbonyl (C=O) groups is 1. The molecule has 0 amide bonds. The molecule has 3 aromatic rings. The lowest BCUT2D eigenvalue weighted by Crippen LogP contribution is -1.98. The largest absolute Gasteiger partial charge is 0.478 e. The zero-order valence-corrected chi connectivity index (χ0v) is 11.6. The van der Waals surface area contributed by atoms with E-state index in [0.29, 0.717) is 27.0 Å². The minimum atomic E-state index is -1.04. The molecule has 0 aliphatic rings. The molecule has 0 aliphatic carbocycles. The van der Waals surface area contributed by atoms with Gasteiger partial charge < -0.3 is 9.52 Å². The second-order valence-corrected chi connectivity index (χ2v) is 5.11. The normalized spacial score (nSPS) is 10.9. The molecule has 100 valence electrons. The lowest BCUT2D eigenvalue weighted by Gasteiger charge is -2.03. The summed E-state index contributed by atoms with van der Waals surface area (Å²) >= 11 is 12.0. The minimum absolute atomic E-state index is 0.129. The Kier molecular flexibility index (Phi) is 3.16. The van der Waals surface area contributed by atoms with E-state index in [-0.39, 0.29) is 5.56 Å². The Balaban J connectivity index is 2.27. The van der Waals surface area contributed by atoms with E-state index in [2.05, 4.69) is 0 Å². The van der Waals surface area contributed by atoms with Crippen LogP contribution in [0.1, 0.15) is 10.4 Å². The van der Waals surface area contributed by atoms with Crippen molar-refractivity contribution in [2.45, 2.75) is 0 Å². The predicted molar refractivity (Wildman–Crippen MR) is 78.6 cm³/mol. The highest BCUT2D eigenvalue weighted by Gasteiger charge is 2.16. The summed E-state index contributed by atoms with van der Waals surface area (Å²) in [5.74, 6) is -0.615. The van der Waals surface area contributed by atoms with Gasteiger partial charge in [-0.3, -0.25) is 0 Å². The van der Waals surface area contributed by atoms with Crippen molar-refractivity contribution in [1.29, 1.82) is 0 Å². The molecule has 0 unspecified atom stereocenters. The molecular formula is C15H8Cl2O3. The summed E-state index contributed by atoms with van der Waals surface area (Å²) in [7, 11) is 0. The maximum atomic E-state index is 11.3. The number of furan rings is 1.